The fourth-order valence-electron chi connectivity index (χ4n) is 0.335. The SMILES string of the molecule is C=CC(=O)O.C=CC(=O)O.CCCC(O)(O)O. The summed E-state index contributed by atoms with van der Waals surface area (Å²) < 4.78 is 0. The van der Waals surface area contributed by atoms with Gasteiger partial charge in [-0.3, -0.25) is 0 Å². The second-order valence-electron chi connectivity index (χ2n) is 2.61. The fourth-order valence-corrected chi connectivity index (χ4v) is 0.335. The minimum absolute atomic E-state index is 0.00694. The molecule has 0 fully saturated rings. The third-order valence-corrected chi connectivity index (χ3v) is 0.935. The Morgan fingerprint density at radius 3 is 1.29 bits per heavy atom. The highest BCUT2D eigenvalue weighted by molar-refractivity contribution is 5.79. The first-order valence-electron chi connectivity index (χ1n) is 4.48. The molecular weight excluding hydrogens is 232 g/mol. The van der Waals surface area contributed by atoms with Crippen molar-refractivity contribution in [2.45, 2.75) is 25.7 Å². The van der Waals surface area contributed by atoms with Crippen LogP contribution in [0.15, 0.2) is 25.3 Å². The number of hydrogen-bond donors (Lipinski definition) is 5. The molecule has 7 heteroatoms. The van der Waals surface area contributed by atoms with E-state index >= 15 is 0 Å². The zero-order valence-corrected chi connectivity index (χ0v) is 9.54. The molecule has 0 aromatic rings. The largest absolute Gasteiger partial charge is 0.478 e. The van der Waals surface area contributed by atoms with Gasteiger partial charge < -0.3 is 25.5 Å². The molecule has 0 aliphatic rings. The third-order valence-electron chi connectivity index (χ3n) is 0.935. The maximum absolute atomic E-state index is 9.25. The first kappa shape index (κ1) is 20.7. The average Bonchev–Trinajstić information content (AvgIpc) is 2.17. The molecule has 0 aliphatic heterocycles. The van der Waals surface area contributed by atoms with E-state index in [1.54, 1.807) is 6.92 Å². The molecule has 0 radical (unpaired) electrons. The van der Waals surface area contributed by atoms with Crippen LogP contribution in [-0.4, -0.2) is 43.4 Å². The summed E-state index contributed by atoms with van der Waals surface area (Å²) in [4.78, 5) is 18.5. The van der Waals surface area contributed by atoms with Crippen molar-refractivity contribution < 1.29 is 35.1 Å². The van der Waals surface area contributed by atoms with E-state index in [0.717, 1.165) is 12.2 Å². The van der Waals surface area contributed by atoms with Crippen LogP contribution in [0.5, 0.6) is 0 Å². The normalized spacial score (nSPS) is 8.71. The van der Waals surface area contributed by atoms with Crippen molar-refractivity contribution in [1.82, 2.24) is 0 Å². The molecule has 0 saturated heterocycles. The number of carbonyl (C=O) groups is 2. The molecule has 0 heterocycles. The highest BCUT2D eigenvalue weighted by Gasteiger charge is 2.14. The van der Waals surface area contributed by atoms with Crippen molar-refractivity contribution in [2.24, 2.45) is 0 Å². The van der Waals surface area contributed by atoms with E-state index in [0.29, 0.717) is 6.42 Å². The quantitative estimate of drug-likeness (QED) is 0.348. The summed E-state index contributed by atoms with van der Waals surface area (Å²) in [5, 5.41) is 39.6. The van der Waals surface area contributed by atoms with Gasteiger partial charge in [-0.1, -0.05) is 20.1 Å². The predicted molar refractivity (Wildman–Crippen MR) is 60.0 cm³/mol. The summed E-state index contributed by atoms with van der Waals surface area (Å²) in [6.07, 6.45) is 2.23. The molecule has 5 N–H and O–H groups in total. The monoisotopic (exact) mass is 250 g/mol. The molecule has 17 heavy (non-hydrogen) atoms. The lowest BCUT2D eigenvalue weighted by atomic mass is 10.3. The Bertz CT molecular complexity index is 222. The van der Waals surface area contributed by atoms with Gasteiger partial charge >= 0.3 is 11.9 Å². The summed E-state index contributed by atoms with van der Waals surface area (Å²) in [6.45, 7) is 7.67. The van der Waals surface area contributed by atoms with Crippen LogP contribution in [0.25, 0.3) is 0 Å². The standard InChI is InChI=1S/C4H10O3.2C3H4O2/c1-2-3-4(5,6)7;2*1-2-3(4)5/h5-7H,2-3H2,1H3;2*2H,1H2,(H,4,5). The van der Waals surface area contributed by atoms with Gasteiger partial charge in [0.1, 0.15) is 0 Å². The van der Waals surface area contributed by atoms with E-state index in [2.05, 4.69) is 13.2 Å². The first-order chi connectivity index (χ1) is 7.60. The molecule has 0 bridgehead atoms. The lowest BCUT2D eigenvalue weighted by Crippen LogP contribution is -2.26. The van der Waals surface area contributed by atoms with Crippen LogP contribution in [0.3, 0.4) is 0 Å². The molecule has 0 amide bonds. The molecule has 0 aromatic heterocycles. The number of hydrogen-bond acceptors (Lipinski definition) is 5. The summed E-state index contributed by atoms with van der Waals surface area (Å²) >= 11 is 0. The topological polar surface area (TPSA) is 135 Å². The van der Waals surface area contributed by atoms with Crippen molar-refractivity contribution in [2.75, 3.05) is 0 Å². The van der Waals surface area contributed by atoms with Gasteiger partial charge in [-0.15, -0.1) is 0 Å². The van der Waals surface area contributed by atoms with E-state index in [1.165, 1.54) is 0 Å². The third kappa shape index (κ3) is 54.5. The van der Waals surface area contributed by atoms with E-state index in [9.17, 15) is 9.59 Å². The highest BCUT2D eigenvalue weighted by Crippen LogP contribution is 2.01. The highest BCUT2D eigenvalue weighted by atomic mass is 16.7. The Labute approximate surface area is 99.0 Å². The van der Waals surface area contributed by atoms with Gasteiger partial charge in [-0.25, -0.2) is 9.59 Å². The lowest BCUT2D eigenvalue weighted by Gasteiger charge is -2.10. The summed E-state index contributed by atoms with van der Waals surface area (Å²) in [5.74, 6) is -4.41. The Morgan fingerprint density at radius 2 is 1.29 bits per heavy atom. The van der Waals surface area contributed by atoms with Gasteiger partial charge in [0.2, 0.25) is 0 Å². The van der Waals surface area contributed by atoms with Gasteiger partial charge in [0.05, 0.1) is 0 Å². The number of aliphatic carboxylic acids is 2. The van der Waals surface area contributed by atoms with Gasteiger partial charge in [0.25, 0.3) is 5.97 Å². The Morgan fingerprint density at radius 1 is 1.06 bits per heavy atom. The van der Waals surface area contributed by atoms with Crippen LogP contribution in [0.1, 0.15) is 19.8 Å². The molecule has 0 aliphatic carbocycles. The summed E-state index contributed by atoms with van der Waals surface area (Å²) in [5.41, 5.74) is 0. The van der Waals surface area contributed by atoms with Crippen molar-refractivity contribution in [1.29, 1.82) is 0 Å². The maximum Gasteiger partial charge on any atom is 0.327 e. The Kier molecular flexibility index (Phi) is 15.0. The van der Waals surface area contributed by atoms with E-state index < -0.39 is 17.9 Å². The first-order valence-corrected chi connectivity index (χ1v) is 4.48. The van der Waals surface area contributed by atoms with Gasteiger partial charge in [0.15, 0.2) is 0 Å². The summed E-state index contributed by atoms with van der Waals surface area (Å²) in [7, 11) is 0. The molecule has 0 rings (SSSR count). The zero-order chi connectivity index (χ0) is 14.5. The maximum atomic E-state index is 9.25. The number of carboxylic acid groups (broad SMARTS) is 2. The van der Waals surface area contributed by atoms with Crippen molar-refractivity contribution in [3.63, 3.8) is 0 Å². The van der Waals surface area contributed by atoms with Gasteiger partial charge in [0, 0.05) is 18.6 Å². The number of carboxylic acids is 2. The van der Waals surface area contributed by atoms with Gasteiger partial charge in [-0.05, 0) is 6.42 Å². The Balaban J connectivity index is -0.000000177. The lowest BCUT2D eigenvalue weighted by molar-refractivity contribution is -0.314. The van der Waals surface area contributed by atoms with Gasteiger partial charge in [-0.2, -0.15) is 0 Å². The summed E-state index contributed by atoms with van der Waals surface area (Å²) in [6, 6.07) is 0. The van der Waals surface area contributed by atoms with Crippen LogP contribution in [0, 0.1) is 0 Å². The van der Waals surface area contributed by atoms with Crippen LogP contribution in [-0.2, 0) is 9.59 Å². The second-order valence-corrected chi connectivity index (χ2v) is 2.61. The average molecular weight is 250 g/mol. The van der Waals surface area contributed by atoms with Crippen molar-refractivity contribution in [3.8, 4) is 0 Å². The molecule has 0 saturated carbocycles. The van der Waals surface area contributed by atoms with E-state index in [4.69, 9.17) is 25.5 Å². The van der Waals surface area contributed by atoms with Crippen LogP contribution in [0.2, 0.25) is 0 Å². The van der Waals surface area contributed by atoms with E-state index in [-0.39, 0.29) is 6.42 Å². The number of rotatable bonds is 4. The van der Waals surface area contributed by atoms with Crippen molar-refractivity contribution >= 4 is 11.9 Å². The fraction of sp³-hybridized carbons (Fsp3) is 0.400. The molecule has 0 atom stereocenters. The minimum Gasteiger partial charge on any atom is -0.478 e. The minimum atomic E-state index is -2.45. The molecule has 100 valence electrons. The molecule has 0 aromatic carbocycles. The molecular formula is C10H18O7. The van der Waals surface area contributed by atoms with Crippen molar-refractivity contribution in [3.05, 3.63) is 25.3 Å². The smallest absolute Gasteiger partial charge is 0.327 e. The number of aliphatic hydroxyl groups is 3. The van der Waals surface area contributed by atoms with Crippen LogP contribution in [0.4, 0.5) is 0 Å². The predicted octanol–water partition coefficient (Wildman–Crippen LogP) is -0.0688. The van der Waals surface area contributed by atoms with Crippen LogP contribution < -0.4 is 0 Å². The molecule has 0 spiro atoms. The Hall–Kier alpha value is -1.70. The molecule has 0 unspecified atom stereocenters. The van der Waals surface area contributed by atoms with E-state index in [1.807, 2.05) is 0 Å². The van der Waals surface area contributed by atoms with Crippen LogP contribution >= 0.6 is 0 Å². The zero-order valence-electron chi connectivity index (χ0n) is 9.54. The second kappa shape index (κ2) is 12.4. The molecule has 7 nitrogen and oxygen atoms in total.